The second-order valence-corrected chi connectivity index (χ2v) is 20.1. The molecule has 6 rings (SSSR count). The van der Waals surface area contributed by atoms with Gasteiger partial charge in [0.1, 0.15) is 33.3 Å². The topological polar surface area (TPSA) is 123 Å². The molecule has 0 spiro atoms. The number of ether oxygens (including phenoxy) is 4. The third-order valence-corrected chi connectivity index (χ3v) is 14.0. The van der Waals surface area contributed by atoms with Crippen LogP contribution in [0.1, 0.15) is 23.2 Å². The van der Waals surface area contributed by atoms with Gasteiger partial charge in [-0.25, -0.2) is 8.42 Å². The van der Waals surface area contributed by atoms with Gasteiger partial charge in [0.2, 0.25) is 23.4 Å². The van der Waals surface area contributed by atoms with Crippen molar-refractivity contribution < 1.29 is 42.5 Å². The van der Waals surface area contributed by atoms with Crippen LogP contribution < -0.4 is 41.0 Å². The molecule has 0 saturated heterocycles. The molecule has 8 nitrogen and oxygen atoms in total. The molecule has 4 aromatic rings. The zero-order chi connectivity index (χ0) is 47.6. The number of hydrogen-bond acceptors (Lipinski definition) is 8. The first kappa shape index (κ1) is 51.4. The molecule has 0 amide bonds. The van der Waals surface area contributed by atoms with Crippen LogP contribution in [0.3, 0.4) is 0 Å². The zero-order valence-corrected chi connectivity index (χ0v) is 40.1. The zero-order valence-electron chi connectivity index (χ0n) is 34.1. The van der Waals surface area contributed by atoms with E-state index in [2.05, 4.69) is 117 Å². The minimum absolute atomic E-state index is 0.0359. The van der Waals surface area contributed by atoms with Crippen LogP contribution in [0.25, 0.3) is 0 Å². The Morgan fingerprint density at radius 1 is 0.500 bits per heavy atom. The number of halogens is 2. The van der Waals surface area contributed by atoms with Crippen LogP contribution in [-0.2, 0) is 25.0 Å². The van der Waals surface area contributed by atoms with E-state index in [9.17, 15) is 0 Å². The minimum atomic E-state index is -4.59. The van der Waals surface area contributed by atoms with Gasteiger partial charge >= 0.3 is 34.5 Å². The summed E-state index contributed by atoms with van der Waals surface area (Å²) in [4.78, 5) is -0.488. The molecule has 0 bridgehead atoms. The van der Waals surface area contributed by atoms with Gasteiger partial charge in [0, 0.05) is 59.4 Å². The molecular weight excluding hydrogens is 1010 g/mol. The average molecular weight is 1040 g/mol. The molecule has 2 aliphatic rings. The van der Waals surface area contributed by atoms with Gasteiger partial charge in [-0.3, -0.25) is 0 Å². The van der Waals surface area contributed by atoms with Gasteiger partial charge < -0.3 is 30.4 Å². The van der Waals surface area contributed by atoms with Gasteiger partial charge in [0.15, 0.2) is 48.6 Å². The van der Waals surface area contributed by atoms with Crippen molar-refractivity contribution in [1.29, 1.82) is 0 Å². The summed E-state index contributed by atoms with van der Waals surface area (Å²) in [6.45, 7) is -0.454. The molecule has 66 heavy (non-hydrogen) atoms. The predicted molar refractivity (Wildman–Crippen MR) is 262 cm³/mol. The van der Waals surface area contributed by atoms with E-state index in [0.717, 1.165) is 11.1 Å². The van der Waals surface area contributed by atoms with E-state index in [1.165, 1.54) is 0 Å². The van der Waals surface area contributed by atoms with Gasteiger partial charge in [0.25, 0.3) is 0 Å². The molecular formula is C52H30Cl2N2O6P2RuS+4. The normalized spacial score (nSPS) is 11.0. The van der Waals surface area contributed by atoms with E-state index in [1.54, 1.807) is 24.3 Å². The molecule has 2 unspecified atom stereocenters. The van der Waals surface area contributed by atoms with Crippen molar-refractivity contribution in [3.8, 4) is 166 Å². The molecule has 0 fully saturated rings. The number of terminal acetylenes is 4. The molecule has 0 aliphatic carbocycles. The molecule has 0 aromatic heterocycles. The summed E-state index contributed by atoms with van der Waals surface area (Å²) < 4.78 is 52.7. The van der Waals surface area contributed by atoms with Crippen LogP contribution >= 0.6 is 35.2 Å². The third-order valence-electron chi connectivity index (χ3n) is 8.36. The van der Waals surface area contributed by atoms with E-state index >= 15 is 8.42 Å². The van der Waals surface area contributed by atoms with Crippen LogP contribution in [0.15, 0.2) is 94.7 Å². The molecule has 2 atom stereocenters. The fraction of sp³-hybridized carbons (Fsp3) is 0.0769. The summed E-state index contributed by atoms with van der Waals surface area (Å²) in [6.07, 6.45) is 20.9. The number of nitrogens with two attached hydrogens (primary N) is 2. The van der Waals surface area contributed by atoms with E-state index in [4.69, 9.17) is 75.5 Å². The molecule has 2 aliphatic heterocycles. The summed E-state index contributed by atoms with van der Waals surface area (Å²) in [5, 5.41) is 0.467. The summed E-state index contributed by atoms with van der Waals surface area (Å²) in [5.74, 6) is 39.3. The first-order chi connectivity index (χ1) is 32.2. The Hall–Kier alpha value is -7.27. The number of fused-ring (bicyclic) bond motifs is 2. The third kappa shape index (κ3) is 14.4. The number of hydrogen-bond donors (Lipinski definition) is 2. The Bertz CT molecular complexity index is 2970. The summed E-state index contributed by atoms with van der Waals surface area (Å²) in [6, 6.07) is 25.8. The van der Waals surface area contributed by atoms with Crippen molar-refractivity contribution in [2.75, 3.05) is 13.6 Å². The Morgan fingerprint density at radius 2 is 0.818 bits per heavy atom. The summed E-state index contributed by atoms with van der Waals surface area (Å²) in [7, 11) is 0.358. The standard InChI is InChI=1S/C38H12O6P2S.C14H16N2.2ClH.Ru/c1-5-9-13-17-25-45(26-18-14-10-6-2)33-23-21-31-35(43-29-41-31)37(33)47(39,40)38-34(24-22-32-36(38)44-30-42-32)46(27-19-15-11-7-3)28-20-16-12-8-4;15-13(11-7-3-1-4-8-11)14(16)12-9-5-2-6-10-12;;;/h1-4,21-24H,29-30H2;1-10,13-14H,15-16H2;2*1H;/q;;;;+4. The predicted octanol–water partition coefficient (Wildman–Crippen LogP) is 5.81. The fourth-order valence-electron chi connectivity index (χ4n) is 5.66. The molecule has 318 valence electrons. The Kier molecular flexibility index (Phi) is 21.7. The summed E-state index contributed by atoms with van der Waals surface area (Å²) >= 11 is -0.346. The number of benzene rings is 4. The van der Waals surface area contributed by atoms with Gasteiger partial charge in [-0.2, -0.15) is 0 Å². The average Bonchev–Trinajstić information content (AvgIpc) is 4.03. The van der Waals surface area contributed by atoms with Gasteiger partial charge in [0.05, 0.1) is 0 Å². The quantitative estimate of drug-likeness (QED) is 0.135. The van der Waals surface area contributed by atoms with Crippen molar-refractivity contribution in [3.05, 3.63) is 96.1 Å². The molecule has 4 aromatic carbocycles. The molecule has 4 N–H and O–H groups in total. The van der Waals surface area contributed by atoms with E-state index in [-0.39, 0.29) is 84.2 Å². The summed E-state index contributed by atoms with van der Waals surface area (Å²) in [5.41, 5.74) is 26.2. The van der Waals surface area contributed by atoms with Crippen LogP contribution in [0.2, 0.25) is 0 Å². The Labute approximate surface area is 404 Å². The monoisotopic (exact) mass is 1040 g/mol. The van der Waals surface area contributed by atoms with Crippen molar-refractivity contribution in [3.63, 3.8) is 0 Å². The van der Waals surface area contributed by atoms with Crippen LogP contribution in [0.4, 0.5) is 0 Å². The number of sulfone groups is 1. The number of rotatable bonds is 7. The molecule has 2 heterocycles. The van der Waals surface area contributed by atoms with Crippen LogP contribution in [0.5, 0.6) is 23.0 Å². The Balaban J connectivity index is 0.000000414. The van der Waals surface area contributed by atoms with Crippen molar-refractivity contribution in [2.45, 2.75) is 21.9 Å². The molecule has 0 saturated carbocycles. The fourth-order valence-corrected chi connectivity index (χ4v) is 11.4. The first-order valence-electron chi connectivity index (χ1n) is 18.4. The van der Waals surface area contributed by atoms with Crippen molar-refractivity contribution >= 4 is 55.7 Å². The van der Waals surface area contributed by atoms with E-state index < -0.39 is 25.7 Å². The van der Waals surface area contributed by atoms with Crippen LogP contribution in [0, 0.1) is 143 Å². The SMILES string of the molecule is C#CC#CC#C[PH+](C#CC#CC#C)c1ccc2c(c1S(=O)(=O)c1c([PH+](C#CC#CC#C)C#CC#CC#C)ccc3c1OCO3)OCO2.NC(c1ccccc1)C(N)c1ccccc1.[Cl][Ru+2][Cl]. The van der Waals surface area contributed by atoms with Crippen molar-refractivity contribution in [2.24, 2.45) is 11.5 Å². The van der Waals surface area contributed by atoms with Crippen LogP contribution in [-0.4, -0.2) is 22.0 Å². The van der Waals surface area contributed by atoms with Gasteiger partial charge in [-0.1, -0.05) is 60.7 Å². The van der Waals surface area contributed by atoms with Gasteiger partial charge in [-0.05, 0) is 82.8 Å². The van der Waals surface area contributed by atoms with Gasteiger partial charge in [-0.15, -0.1) is 25.7 Å². The molecule has 0 radical (unpaired) electrons. The van der Waals surface area contributed by atoms with E-state index in [0.29, 0.717) is 0 Å². The maximum absolute atomic E-state index is 15.1. The second kappa shape index (κ2) is 27.8. The molecule has 14 heteroatoms. The van der Waals surface area contributed by atoms with Crippen molar-refractivity contribution in [1.82, 2.24) is 0 Å². The second-order valence-electron chi connectivity index (χ2n) is 12.1. The maximum atomic E-state index is 15.1. The Morgan fingerprint density at radius 3 is 1.12 bits per heavy atom. The van der Waals surface area contributed by atoms with E-state index in [1.807, 2.05) is 60.7 Å². The first-order valence-corrected chi connectivity index (χ1v) is 27.3.